The van der Waals surface area contributed by atoms with Gasteiger partial charge in [-0.05, 0) is 12.8 Å². The van der Waals surface area contributed by atoms with Crippen LogP contribution >= 0.6 is 0 Å². The molecule has 1 aliphatic rings. The Kier molecular flexibility index (Phi) is 5.17. The molecule has 7 heteroatoms. The number of carbonyl (C=O) groups excluding carboxylic acids is 1. The molecule has 1 atom stereocenters. The van der Waals surface area contributed by atoms with E-state index in [1.54, 1.807) is 0 Å². The number of hydrogen-bond acceptors (Lipinski definition) is 5. The van der Waals surface area contributed by atoms with Crippen LogP contribution in [-0.4, -0.2) is 51.6 Å². The molecule has 1 fully saturated rings. The summed E-state index contributed by atoms with van der Waals surface area (Å²) in [5.41, 5.74) is 5.19. The predicted octanol–water partition coefficient (Wildman–Crippen LogP) is -1.34. The van der Waals surface area contributed by atoms with Crippen molar-refractivity contribution in [2.75, 3.05) is 31.2 Å². The number of rotatable bonds is 6. The number of nitrogens with one attached hydrogen (secondary N) is 1. The Morgan fingerprint density at radius 1 is 1.50 bits per heavy atom. The Morgan fingerprint density at radius 3 is 2.81 bits per heavy atom. The van der Waals surface area contributed by atoms with Crippen molar-refractivity contribution in [2.45, 2.75) is 18.9 Å². The number of nitrogens with two attached hydrogens (primary N) is 1. The standard InChI is InChI=1S/C9H18N2O4S/c10-3-4-11-9(12)7-16(13,14)6-8-2-1-5-15-8/h8H,1-7,10H2,(H,11,12). The second-order valence-corrected chi connectivity index (χ2v) is 5.94. The molecule has 0 spiro atoms. The third-order valence-corrected chi connectivity index (χ3v) is 3.86. The first-order valence-electron chi connectivity index (χ1n) is 5.32. The van der Waals surface area contributed by atoms with Gasteiger partial charge in [-0.15, -0.1) is 0 Å². The summed E-state index contributed by atoms with van der Waals surface area (Å²) in [7, 11) is -3.37. The fourth-order valence-electron chi connectivity index (χ4n) is 1.58. The van der Waals surface area contributed by atoms with Gasteiger partial charge in [0.1, 0.15) is 5.75 Å². The van der Waals surface area contributed by atoms with Crippen LogP contribution in [0.3, 0.4) is 0 Å². The Balaban J connectivity index is 2.35. The van der Waals surface area contributed by atoms with Crippen LogP contribution in [0.15, 0.2) is 0 Å². The quantitative estimate of drug-likeness (QED) is 0.607. The molecular weight excluding hydrogens is 232 g/mol. The van der Waals surface area contributed by atoms with Crippen molar-refractivity contribution in [1.82, 2.24) is 5.32 Å². The lowest BCUT2D eigenvalue weighted by molar-refractivity contribution is -0.118. The summed E-state index contributed by atoms with van der Waals surface area (Å²) < 4.78 is 28.4. The molecule has 1 saturated heterocycles. The molecule has 1 unspecified atom stereocenters. The zero-order chi connectivity index (χ0) is 12.0. The Morgan fingerprint density at radius 2 is 2.25 bits per heavy atom. The third kappa shape index (κ3) is 4.91. The van der Waals surface area contributed by atoms with Crippen molar-refractivity contribution in [3.63, 3.8) is 0 Å². The molecule has 1 heterocycles. The van der Waals surface area contributed by atoms with E-state index in [-0.39, 0.29) is 11.9 Å². The largest absolute Gasteiger partial charge is 0.377 e. The first-order valence-corrected chi connectivity index (χ1v) is 7.14. The topological polar surface area (TPSA) is 98.5 Å². The Labute approximate surface area is 95.4 Å². The summed E-state index contributed by atoms with van der Waals surface area (Å²) in [5.74, 6) is -1.04. The summed E-state index contributed by atoms with van der Waals surface area (Å²) >= 11 is 0. The van der Waals surface area contributed by atoms with Crippen LogP contribution < -0.4 is 11.1 Å². The van der Waals surface area contributed by atoms with E-state index in [9.17, 15) is 13.2 Å². The van der Waals surface area contributed by atoms with Gasteiger partial charge >= 0.3 is 0 Å². The SMILES string of the molecule is NCCNC(=O)CS(=O)(=O)CC1CCCO1. The summed E-state index contributed by atoms with van der Waals surface area (Å²) in [5, 5.41) is 2.43. The minimum atomic E-state index is -3.37. The maximum atomic E-state index is 11.6. The molecule has 1 rings (SSSR count). The highest BCUT2D eigenvalue weighted by Crippen LogP contribution is 2.14. The van der Waals surface area contributed by atoms with Gasteiger partial charge in [0, 0.05) is 19.7 Å². The maximum absolute atomic E-state index is 11.6. The monoisotopic (exact) mass is 250 g/mol. The zero-order valence-electron chi connectivity index (χ0n) is 9.15. The van der Waals surface area contributed by atoms with Crippen LogP contribution in [-0.2, 0) is 19.4 Å². The molecule has 0 bridgehead atoms. The molecule has 0 aliphatic carbocycles. The lowest BCUT2D eigenvalue weighted by atomic mass is 10.3. The molecule has 1 amide bonds. The van der Waals surface area contributed by atoms with Crippen LogP contribution in [0.1, 0.15) is 12.8 Å². The summed E-state index contributed by atoms with van der Waals surface area (Å²) in [6.45, 7) is 1.21. The molecule has 1 aliphatic heterocycles. The molecule has 0 saturated carbocycles. The lowest BCUT2D eigenvalue weighted by Gasteiger charge is -2.09. The van der Waals surface area contributed by atoms with E-state index in [0.717, 1.165) is 12.8 Å². The molecule has 0 aromatic carbocycles. The van der Waals surface area contributed by atoms with Crippen LogP contribution in [0.5, 0.6) is 0 Å². The van der Waals surface area contributed by atoms with Crippen molar-refractivity contribution in [1.29, 1.82) is 0 Å². The van der Waals surface area contributed by atoms with E-state index in [0.29, 0.717) is 19.7 Å². The average Bonchev–Trinajstić information content (AvgIpc) is 2.65. The van der Waals surface area contributed by atoms with Gasteiger partial charge in [0.25, 0.3) is 0 Å². The van der Waals surface area contributed by atoms with Gasteiger partial charge in [-0.3, -0.25) is 4.79 Å². The van der Waals surface area contributed by atoms with Crippen LogP contribution in [0.4, 0.5) is 0 Å². The maximum Gasteiger partial charge on any atom is 0.235 e. The predicted molar refractivity (Wildman–Crippen MR) is 59.7 cm³/mol. The van der Waals surface area contributed by atoms with Gasteiger partial charge in [0.15, 0.2) is 9.84 Å². The second kappa shape index (κ2) is 6.17. The molecule has 94 valence electrons. The van der Waals surface area contributed by atoms with Gasteiger partial charge < -0.3 is 15.8 Å². The van der Waals surface area contributed by atoms with E-state index < -0.39 is 21.5 Å². The normalized spacial score (nSPS) is 20.9. The number of carbonyl (C=O) groups is 1. The summed E-state index contributed by atoms with van der Waals surface area (Å²) in [4.78, 5) is 11.2. The highest BCUT2D eigenvalue weighted by Gasteiger charge is 2.25. The fraction of sp³-hybridized carbons (Fsp3) is 0.889. The van der Waals surface area contributed by atoms with Crippen LogP contribution in [0.25, 0.3) is 0 Å². The number of ether oxygens (including phenoxy) is 1. The van der Waals surface area contributed by atoms with Gasteiger partial charge in [-0.25, -0.2) is 8.42 Å². The Hall–Kier alpha value is -0.660. The molecular formula is C9H18N2O4S. The molecule has 16 heavy (non-hydrogen) atoms. The molecule has 0 aromatic rings. The van der Waals surface area contributed by atoms with Crippen molar-refractivity contribution in [3.05, 3.63) is 0 Å². The average molecular weight is 250 g/mol. The van der Waals surface area contributed by atoms with E-state index in [1.807, 2.05) is 0 Å². The smallest absolute Gasteiger partial charge is 0.235 e. The number of sulfone groups is 1. The van der Waals surface area contributed by atoms with E-state index in [1.165, 1.54) is 0 Å². The second-order valence-electron chi connectivity index (χ2n) is 3.83. The highest BCUT2D eigenvalue weighted by atomic mass is 32.2. The molecule has 3 N–H and O–H groups in total. The van der Waals surface area contributed by atoms with Crippen LogP contribution in [0.2, 0.25) is 0 Å². The van der Waals surface area contributed by atoms with Crippen molar-refractivity contribution >= 4 is 15.7 Å². The minimum Gasteiger partial charge on any atom is -0.377 e. The van der Waals surface area contributed by atoms with Crippen molar-refractivity contribution in [2.24, 2.45) is 5.73 Å². The zero-order valence-corrected chi connectivity index (χ0v) is 9.96. The molecule has 6 nitrogen and oxygen atoms in total. The molecule has 0 radical (unpaired) electrons. The molecule has 0 aromatic heterocycles. The van der Waals surface area contributed by atoms with E-state index >= 15 is 0 Å². The minimum absolute atomic E-state index is 0.0664. The number of hydrogen-bond donors (Lipinski definition) is 2. The van der Waals surface area contributed by atoms with Crippen molar-refractivity contribution < 1.29 is 17.9 Å². The lowest BCUT2D eigenvalue weighted by Crippen LogP contribution is -2.36. The first-order chi connectivity index (χ1) is 7.53. The van der Waals surface area contributed by atoms with E-state index in [4.69, 9.17) is 10.5 Å². The van der Waals surface area contributed by atoms with Gasteiger partial charge in [-0.1, -0.05) is 0 Å². The van der Waals surface area contributed by atoms with Gasteiger partial charge in [0.05, 0.1) is 11.9 Å². The fourth-order valence-corrected chi connectivity index (χ4v) is 3.03. The van der Waals surface area contributed by atoms with Crippen molar-refractivity contribution in [3.8, 4) is 0 Å². The summed E-state index contributed by atoms with van der Waals surface area (Å²) in [6, 6.07) is 0. The van der Waals surface area contributed by atoms with Gasteiger partial charge in [0.2, 0.25) is 5.91 Å². The number of amides is 1. The van der Waals surface area contributed by atoms with E-state index in [2.05, 4.69) is 5.32 Å². The highest BCUT2D eigenvalue weighted by molar-refractivity contribution is 7.92. The van der Waals surface area contributed by atoms with Gasteiger partial charge in [-0.2, -0.15) is 0 Å². The Bertz CT molecular complexity index is 322. The first kappa shape index (κ1) is 13.4. The summed E-state index contributed by atoms with van der Waals surface area (Å²) in [6.07, 6.45) is 1.40. The third-order valence-electron chi connectivity index (χ3n) is 2.28. The van der Waals surface area contributed by atoms with Crippen LogP contribution in [0, 0.1) is 0 Å².